The summed E-state index contributed by atoms with van der Waals surface area (Å²) in [6.07, 6.45) is 2.35. The third kappa shape index (κ3) is 4.87. The Balaban J connectivity index is 2.32. The summed E-state index contributed by atoms with van der Waals surface area (Å²) < 4.78 is 1.39. The quantitative estimate of drug-likeness (QED) is 0.765. The lowest BCUT2D eigenvalue weighted by Gasteiger charge is -2.21. The van der Waals surface area contributed by atoms with Gasteiger partial charge in [0.05, 0.1) is 12.7 Å². The number of carbonyl (C=O) groups is 2. The van der Waals surface area contributed by atoms with Crippen LogP contribution in [0, 0.1) is 5.92 Å². The van der Waals surface area contributed by atoms with Gasteiger partial charge in [-0.05, 0) is 5.92 Å². The first-order valence-corrected chi connectivity index (χ1v) is 6.56. The van der Waals surface area contributed by atoms with Gasteiger partial charge < -0.3 is 15.3 Å². The molecule has 112 valence electrons. The minimum Gasteiger partial charge on any atom is -0.476 e. The highest BCUT2D eigenvalue weighted by Crippen LogP contribution is 2.02. The van der Waals surface area contributed by atoms with Crippen molar-refractivity contribution in [3.63, 3.8) is 0 Å². The van der Waals surface area contributed by atoms with E-state index in [0.29, 0.717) is 25.6 Å². The van der Waals surface area contributed by atoms with Crippen LogP contribution in [-0.2, 0) is 6.54 Å². The summed E-state index contributed by atoms with van der Waals surface area (Å²) in [6.45, 7) is 5.62. The molecule has 20 heavy (non-hydrogen) atoms. The molecule has 2 amide bonds. The Morgan fingerprint density at radius 2 is 2.25 bits per heavy atom. The van der Waals surface area contributed by atoms with Crippen LogP contribution in [0.25, 0.3) is 0 Å². The van der Waals surface area contributed by atoms with Crippen LogP contribution in [0.2, 0.25) is 0 Å². The molecule has 0 aliphatic rings. The minimum absolute atomic E-state index is 0.106. The molecule has 0 aromatic carbocycles. The molecule has 1 aromatic heterocycles. The Hall–Kier alpha value is -2.12. The maximum atomic E-state index is 11.8. The molecule has 0 bridgehead atoms. The smallest absolute Gasteiger partial charge is 0.358 e. The van der Waals surface area contributed by atoms with E-state index in [1.54, 1.807) is 11.9 Å². The van der Waals surface area contributed by atoms with Crippen molar-refractivity contribution in [2.75, 3.05) is 20.1 Å². The lowest BCUT2D eigenvalue weighted by atomic mass is 10.1. The van der Waals surface area contributed by atoms with E-state index in [9.17, 15) is 9.59 Å². The first-order chi connectivity index (χ1) is 9.43. The van der Waals surface area contributed by atoms with Crippen LogP contribution in [0.3, 0.4) is 0 Å². The van der Waals surface area contributed by atoms with Gasteiger partial charge in [-0.15, -0.1) is 5.10 Å². The van der Waals surface area contributed by atoms with Crippen LogP contribution in [0.4, 0.5) is 4.79 Å². The standard InChI is InChI=1S/C12H21N5O3/c1-4-9(2)7-16(3)12(20)13-5-6-17-8-10(11(18)19)14-15-17/h8-9H,4-7H2,1-3H3,(H,13,20)(H,18,19). The van der Waals surface area contributed by atoms with Gasteiger partial charge >= 0.3 is 12.0 Å². The zero-order valence-corrected chi connectivity index (χ0v) is 12.0. The van der Waals surface area contributed by atoms with Gasteiger partial charge in [0, 0.05) is 20.1 Å². The van der Waals surface area contributed by atoms with Gasteiger partial charge in [0.25, 0.3) is 0 Å². The second-order valence-electron chi connectivity index (χ2n) is 4.80. The van der Waals surface area contributed by atoms with Crippen molar-refractivity contribution >= 4 is 12.0 Å². The fourth-order valence-electron chi connectivity index (χ4n) is 1.60. The molecule has 1 heterocycles. The van der Waals surface area contributed by atoms with Gasteiger partial charge in [-0.25, -0.2) is 14.3 Å². The van der Waals surface area contributed by atoms with Crippen LogP contribution in [0.15, 0.2) is 6.20 Å². The first kappa shape index (κ1) is 15.9. The third-order valence-corrected chi connectivity index (χ3v) is 3.00. The summed E-state index contributed by atoms with van der Waals surface area (Å²) in [5, 5.41) is 18.6. The van der Waals surface area contributed by atoms with E-state index in [-0.39, 0.29) is 11.7 Å². The van der Waals surface area contributed by atoms with Gasteiger partial charge in [0.15, 0.2) is 5.69 Å². The van der Waals surface area contributed by atoms with E-state index < -0.39 is 5.97 Å². The highest BCUT2D eigenvalue weighted by atomic mass is 16.4. The monoisotopic (exact) mass is 283 g/mol. The summed E-state index contributed by atoms with van der Waals surface area (Å²) in [4.78, 5) is 24.0. The van der Waals surface area contributed by atoms with Crippen molar-refractivity contribution in [1.29, 1.82) is 0 Å². The molecule has 1 atom stereocenters. The molecule has 0 aliphatic carbocycles. The molecule has 1 unspecified atom stereocenters. The van der Waals surface area contributed by atoms with E-state index in [1.165, 1.54) is 10.9 Å². The summed E-state index contributed by atoms with van der Waals surface area (Å²) >= 11 is 0. The summed E-state index contributed by atoms with van der Waals surface area (Å²) in [5.41, 5.74) is -0.106. The molecule has 1 rings (SSSR count). The molecule has 0 saturated heterocycles. The number of rotatable bonds is 7. The molecular formula is C12H21N5O3. The number of urea groups is 1. The molecule has 0 radical (unpaired) electrons. The predicted molar refractivity (Wildman–Crippen MR) is 72.5 cm³/mol. The molecule has 0 saturated carbocycles. The fraction of sp³-hybridized carbons (Fsp3) is 0.667. The Bertz CT molecular complexity index is 460. The molecule has 2 N–H and O–H groups in total. The van der Waals surface area contributed by atoms with Crippen molar-refractivity contribution in [2.24, 2.45) is 5.92 Å². The molecule has 8 heteroatoms. The summed E-state index contributed by atoms with van der Waals surface area (Å²) in [7, 11) is 1.75. The van der Waals surface area contributed by atoms with Gasteiger partial charge in [0.2, 0.25) is 0 Å². The van der Waals surface area contributed by atoms with Gasteiger partial charge in [-0.1, -0.05) is 25.5 Å². The van der Waals surface area contributed by atoms with Crippen LogP contribution < -0.4 is 5.32 Å². The van der Waals surface area contributed by atoms with Gasteiger partial charge in [-0.2, -0.15) is 0 Å². The molecule has 8 nitrogen and oxygen atoms in total. The average molecular weight is 283 g/mol. The van der Waals surface area contributed by atoms with Gasteiger partial charge in [-0.3, -0.25) is 0 Å². The molecular weight excluding hydrogens is 262 g/mol. The van der Waals surface area contributed by atoms with Crippen molar-refractivity contribution in [1.82, 2.24) is 25.2 Å². The number of hydrogen-bond donors (Lipinski definition) is 2. The SMILES string of the molecule is CCC(C)CN(C)C(=O)NCCn1cc(C(=O)O)nn1. The molecule has 0 aliphatic heterocycles. The number of aromatic carboxylic acids is 1. The average Bonchev–Trinajstić information content (AvgIpc) is 2.87. The Labute approximate surface area is 117 Å². The zero-order valence-electron chi connectivity index (χ0n) is 12.0. The summed E-state index contributed by atoms with van der Waals surface area (Å²) in [6, 6.07) is -0.149. The Kier molecular flexibility index (Phi) is 5.95. The van der Waals surface area contributed by atoms with Crippen molar-refractivity contribution in [2.45, 2.75) is 26.8 Å². The van der Waals surface area contributed by atoms with Gasteiger partial charge in [0.1, 0.15) is 0 Å². The lowest BCUT2D eigenvalue weighted by molar-refractivity contribution is 0.0690. The molecule has 0 fully saturated rings. The van der Waals surface area contributed by atoms with E-state index in [2.05, 4.69) is 29.5 Å². The van der Waals surface area contributed by atoms with Crippen LogP contribution in [-0.4, -0.2) is 57.1 Å². The number of nitrogens with one attached hydrogen (secondary N) is 1. The second kappa shape index (κ2) is 7.46. The van der Waals surface area contributed by atoms with E-state index in [0.717, 1.165) is 6.42 Å². The topological polar surface area (TPSA) is 100 Å². The number of carboxylic acids is 1. The van der Waals surface area contributed by atoms with E-state index >= 15 is 0 Å². The maximum absolute atomic E-state index is 11.8. The van der Waals surface area contributed by atoms with Crippen molar-refractivity contribution in [3.8, 4) is 0 Å². The first-order valence-electron chi connectivity index (χ1n) is 6.56. The lowest BCUT2D eigenvalue weighted by Crippen LogP contribution is -2.40. The number of carboxylic acid groups (broad SMARTS) is 1. The van der Waals surface area contributed by atoms with Crippen molar-refractivity contribution < 1.29 is 14.7 Å². The number of nitrogens with zero attached hydrogens (tertiary/aromatic N) is 4. The minimum atomic E-state index is -1.12. The Morgan fingerprint density at radius 1 is 1.55 bits per heavy atom. The van der Waals surface area contributed by atoms with Crippen LogP contribution in [0.1, 0.15) is 30.8 Å². The summed E-state index contributed by atoms with van der Waals surface area (Å²) in [5.74, 6) is -0.659. The number of amides is 2. The fourth-order valence-corrected chi connectivity index (χ4v) is 1.60. The predicted octanol–water partition coefficient (Wildman–Crippen LogP) is 0.664. The zero-order chi connectivity index (χ0) is 15.1. The highest BCUT2D eigenvalue weighted by Gasteiger charge is 2.11. The normalized spacial score (nSPS) is 11.9. The third-order valence-electron chi connectivity index (χ3n) is 3.00. The largest absolute Gasteiger partial charge is 0.476 e. The number of hydrogen-bond acceptors (Lipinski definition) is 4. The Morgan fingerprint density at radius 3 is 2.80 bits per heavy atom. The molecule has 1 aromatic rings. The second-order valence-corrected chi connectivity index (χ2v) is 4.80. The number of carbonyl (C=O) groups excluding carboxylic acids is 1. The van der Waals surface area contributed by atoms with E-state index in [4.69, 9.17) is 5.11 Å². The number of aromatic nitrogens is 3. The maximum Gasteiger partial charge on any atom is 0.358 e. The van der Waals surface area contributed by atoms with Crippen LogP contribution >= 0.6 is 0 Å². The van der Waals surface area contributed by atoms with E-state index in [1.807, 2.05) is 0 Å². The van der Waals surface area contributed by atoms with Crippen molar-refractivity contribution in [3.05, 3.63) is 11.9 Å². The highest BCUT2D eigenvalue weighted by molar-refractivity contribution is 5.84. The molecule has 0 spiro atoms. The van der Waals surface area contributed by atoms with Crippen LogP contribution in [0.5, 0.6) is 0 Å².